The summed E-state index contributed by atoms with van der Waals surface area (Å²) in [5, 5.41) is 1.65. The standard InChI is InChI=1S/C11H14Br2O2/c1-14-11-5-3-2-4-9(11)8-15-10(6-12)7-13/h2-5,10H,6-8H2,1H3. The number of benzene rings is 1. The van der Waals surface area contributed by atoms with E-state index in [0.29, 0.717) is 6.61 Å². The topological polar surface area (TPSA) is 18.5 Å². The van der Waals surface area contributed by atoms with Crippen LogP contribution in [-0.2, 0) is 11.3 Å². The van der Waals surface area contributed by atoms with Gasteiger partial charge in [-0.15, -0.1) is 0 Å². The number of ether oxygens (including phenoxy) is 2. The average Bonchev–Trinajstić information content (AvgIpc) is 2.31. The third-order valence-electron chi connectivity index (χ3n) is 2.01. The fraction of sp³-hybridized carbons (Fsp3) is 0.455. The molecule has 0 saturated heterocycles. The van der Waals surface area contributed by atoms with Crippen LogP contribution in [0.1, 0.15) is 5.56 Å². The second-order valence-corrected chi connectivity index (χ2v) is 4.35. The molecule has 0 aliphatic rings. The van der Waals surface area contributed by atoms with Crippen molar-refractivity contribution < 1.29 is 9.47 Å². The van der Waals surface area contributed by atoms with Crippen LogP contribution >= 0.6 is 31.9 Å². The molecule has 4 heteroatoms. The lowest BCUT2D eigenvalue weighted by Gasteiger charge is -2.14. The lowest BCUT2D eigenvalue weighted by atomic mass is 10.2. The van der Waals surface area contributed by atoms with Crippen LogP contribution in [0.15, 0.2) is 24.3 Å². The van der Waals surface area contributed by atoms with E-state index < -0.39 is 0 Å². The molecule has 0 spiro atoms. The minimum atomic E-state index is 0.190. The number of hydrogen-bond donors (Lipinski definition) is 0. The molecule has 0 aliphatic heterocycles. The van der Waals surface area contributed by atoms with Crippen LogP contribution in [0, 0.1) is 0 Å². The first-order chi connectivity index (χ1) is 7.31. The van der Waals surface area contributed by atoms with Gasteiger partial charge in [-0.3, -0.25) is 0 Å². The maximum atomic E-state index is 5.70. The Morgan fingerprint density at radius 2 is 1.87 bits per heavy atom. The van der Waals surface area contributed by atoms with Crippen LogP contribution in [-0.4, -0.2) is 23.9 Å². The molecule has 0 saturated carbocycles. The first-order valence-corrected chi connectivity index (χ1v) is 6.91. The number of rotatable bonds is 6. The summed E-state index contributed by atoms with van der Waals surface area (Å²) in [6, 6.07) is 7.89. The molecule has 0 aliphatic carbocycles. The molecule has 0 unspecified atom stereocenters. The first-order valence-electron chi connectivity index (χ1n) is 4.67. The van der Waals surface area contributed by atoms with Gasteiger partial charge in [-0.25, -0.2) is 0 Å². The lowest BCUT2D eigenvalue weighted by Crippen LogP contribution is -2.16. The normalized spacial score (nSPS) is 10.7. The van der Waals surface area contributed by atoms with Crippen LogP contribution in [0.25, 0.3) is 0 Å². The summed E-state index contributed by atoms with van der Waals surface area (Å²) in [6.07, 6.45) is 0.190. The maximum Gasteiger partial charge on any atom is 0.124 e. The monoisotopic (exact) mass is 336 g/mol. The maximum absolute atomic E-state index is 5.70. The van der Waals surface area contributed by atoms with Crippen molar-refractivity contribution in [3.63, 3.8) is 0 Å². The van der Waals surface area contributed by atoms with E-state index in [1.54, 1.807) is 7.11 Å². The molecule has 0 heterocycles. The predicted octanol–water partition coefficient (Wildman–Crippen LogP) is 3.37. The molecule has 0 aromatic heterocycles. The lowest BCUT2D eigenvalue weighted by molar-refractivity contribution is 0.0720. The van der Waals surface area contributed by atoms with E-state index in [2.05, 4.69) is 31.9 Å². The molecule has 0 amide bonds. The quantitative estimate of drug-likeness (QED) is 0.741. The van der Waals surface area contributed by atoms with Gasteiger partial charge in [-0.05, 0) is 6.07 Å². The van der Waals surface area contributed by atoms with Gasteiger partial charge in [-0.2, -0.15) is 0 Å². The summed E-state index contributed by atoms with van der Waals surface area (Å²) in [5.74, 6) is 0.875. The second kappa shape index (κ2) is 7.25. The highest BCUT2D eigenvalue weighted by molar-refractivity contribution is 9.09. The third-order valence-corrected chi connectivity index (χ3v) is 3.46. The average molecular weight is 338 g/mol. The zero-order chi connectivity index (χ0) is 11.1. The second-order valence-electron chi connectivity index (χ2n) is 3.05. The Morgan fingerprint density at radius 1 is 1.20 bits per heavy atom. The summed E-state index contributed by atoms with van der Waals surface area (Å²) in [7, 11) is 1.67. The van der Waals surface area contributed by atoms with Crippen molar-refractivity contribution in [3.05, 3.63) is 29.8 Å². The summed E-state index contributed by atoms with van der Waals surface area (Å²) in [5.41, 5.74) is 1.08. The van der Waals surface area contributed by atoms with E-state index in [4.69, 9.17) is 9.47 Å². The fourth-order valence-electron chi connectivity index (χ4n) is 1.16. The highest BCUT2D eigenvalue weighted by Gasteiger charge is 2.07. The van der Waals surface area contributed by atoms with Gasteiger partial charge in [0.25, 0.3) is 0 Å². The predicted molar refractivity (Wildman–Crippen MR) is 69.2 cm³/mol. The zero-order valence-electron chi connectivity index (χ0n) is 8.58. The number of halogens is 2. The van der Waals surface area contributed by atoms with Gasteiger partial charge in [0.15, 0.2) is 0 Å². The molecular formula is C11H14Br2O2. The summed E-state index contributed by atoms with van der Waals surface area (Å²) < 4.78 is 10.9. The van der Waals surface area contributed by atoms with Gasteiger partial charge in [0, 0.05) is 16.2 Å². The largest absolute Gasteiger partial charge is 0.496 e. The van der Waals surface area contributed by atoms with Crippen LogP contribution in [0.4, 0.5) is 0 Å². The first kappa shape index (κ1) is 13.0. The zero-order valence-corrected chi connectivity index (χ0v) is 11.8. The van der Waals surface area contributed by atoms with Crippen LogP contribution in [0.5, 0.6) is 5.75 Å². The van der Waals surface area contributed by atoms with Crippen molar-refractivity contribution >= 4 is 31.9 Å². The van der Waals surface area contributed by atoms with Crippen molar-refractivity contribution in [1.82, 2.24) is 0 Å². The van der Waals surface area contributed by atoms with E-state index in [1.165, 1.54) is 0 Å². The van der Waals surface area contributed by atoms with Crippen molar-refractivity contribution in [2.24, 2.45) is 0 Å². The van der Waals surface area contributed by atoms with E-state index in [0.717, 1.165) is 22.0 Å². The van der Waals surface area contributed by atoms with Crippen LogP contribution in [0.2, 0.25) is 0 Å². The Hall–Kier alpha value is -0.0600. The molecule has 0 N–H and O–H groups in total. The minimum absolute atomic E-state index is 0.190. The molecule has 0 atom stereocenters. The highest BCUT2D eigenvalue weighted by atomic mass is 79.9. The van der Waals surface area contributed by atoms with Crippen molar-refractivity contribution in [2.75, 3.05) is 17.8 Å². The van der Waals surface area contributed by atoms with Gasteiger partial charge >= 0.3 is 0 Å². The summed E-state index contributed by atoms with van der Waals surface area (Å²) in [4.78, 5) is 0. The summed E-state index contributed by atoms with van der Waals surface area (Å²) in [6.45, 7) is 0.575. The van der Waals surface area contributed by atoms with Gasteiger partial charge in [0.05, 0.1) is 19.8 Å². The molecule has 1 aromatic carbocycles. The van der Waals surface area contributed by atoms with Gasteiger partial charge < -0.3 is 9.47 Å². The summed E-state index contributed by atoms with van der Waals surface area (Å²) >= 11 is 6.80. The van der Waals surface area contributed by atoms with E-state index >= 15 is 0 Å². The van der Waals surface area contributed by atoms with Gasteiger partial charge in [0.1, 0.15) is 5.75 Å². The molecule has 0 bridgehead atoms. The molecule has 15 heavy (non-hydrogen) atoms. The number of para-hydroxylation sites is 1. The highest BCUT2D eigenvalue weighted by Crippen LogP contribution is 2.19. The van der Waals surface area contributed by atoms with E-state index in [9.17, 15) is 0 Å². The Balaban J connectivity index is 2.56. The Kier molecular flexibility index (Phi) is 6.29. The molecular weight excluding hydrogens is 324 g/mol. The van der Waals surface area contributed by atoms with E-state index in [-0.39, 0.29) is 6.10 Å². The Bertz CT molecular complexity index is 288. The van der Waals surface area contributed by atoms with Gasteiger partial charge in [-0.1, -0.05) is 50.1 Å². The number of hydrogen-bond acceptors (Lipinski definition) is 2. The Morgan fingerprint density at radius 3 is 2.47 bits per heavy atom. The van der Waals surface area contributed by atoms with Crippen molar-refractivity contribution in [3.8, 4) is 5.75 Å². The SMILES string of the molecule is COc1ccccc1COC(CBr)CBr. The van der Waals surface area contributed by atoms with Crippen LogP contribution < -0.4 is 4.74 Å². The molecule has 0 radical (unpaired) electrons. The fourth-order valence-corrected chi connectivity index (χ4v) is 2.61. The molecule has 2 nitrogen and oxygen atoms in total. The van der Waals surface area contributed by atoms with Crippen LogP contribution in [0.3, 0.4) is 0 Å². The minimum Gasteiger partial charge on any atom is -0.496 e. The molecule has 0 fully saturated rings. The number of alkyl halides is 2. The third kappa shape index (κ3) is 4.13. The molecule has 1 rings (SSSR count). The molecule has 1 aromatic rings. The van der Waals surface area contributed by atoms with Gasteiger partial charge in [0.2, 0.25) is 0 Å². The van der Waals surface area contributed by atoms with E-state index in [1.807, 2.05) is 24.3 Å². The smallest absolute Gasteiger partial charge is 0.124 e. The van der Waals surface area contributed by atoms with Crippen molar-refractivity contribution in [1.29, 1.82) is 0 Å². The number of methoxy groups -OCH3 is 1. The Labute approximate surface area is 107 Å². The molecule has 84 valence electrons. The van der Waals surface area contributed by atoms with Crippen molar-refractivity contribution in [2.45, 2.75) is 12.7 Å².